The number of carbonyl (C=O) groups excluding carboxylic acids is 8. The molecule has 0 unspecified atom stereocenters. The summed E-state index contributed by atoms with van der Waals surface area (Å²) >= 11 is 0. The van der Waals surface area contributed by atoms with Gasteiger partial charge in [-0.15, -0.1) is 0 Å². The van der Waals surface area contributed by atoms with Gasteiger partial charge in [-0.1, -0.05) is 113 Å². The van der Waals surface area contributed by atoms with Crippen molar-refractivity contribution < 1.29 is 38.4 Å². The van der Waals surface area contributed by atoms with Crippen molar-refractivity contribution in [2.75, 3.05) is 52.9 Å². The van der Waals surface area contributed by atoms with Crippen LogP contribution in [0.15, 0.2) is 60.7 Å². The van der Waals surface area contributed by atoms with Gasteiger partial charge in [-0.2, -0.15) is 0 Å². The standard InChI is InChI=1S/C65H97N7O8/c1-5-46(2)62(77)68-61(52-26-16-9-17-27-52)65(80)72-39-19-29-55(72)44-69(40-36-48-20-10-6-11-21-48)59(75)35-34-57(73)51-30-32-53(33-31-51)63(78)67-43-60(76)70(41-37-49-22-12-7-13-23-49)45-54-28-18-38-71(54)64(79)56(42-58(74)47(3)66-4)50-24-14-8-15-25-50/h6-7,10-13,20-23,46-47,50-56,61,66H,5,8-9,14-19,24-45H2,1-4H3,(H,67,78)(H,68,77)/t46-,47+,51?,53?,54+,55+,56+,61+/m1/s1. The van der Waals surface area contributed by atoms with Crippen molar-refractivity contribution >= 4 is 47.0 Å². The number of Topliss-reactive ketones (excluding diaryl/α,β-unsaturated/α-hetero) is 2. The molecule has 6 amide bonds. The molecule has 6 atom stereocenters. The van der Waals surface area contributed by atoms with Crippen LogP contribution in [0.5, 0.6) is 0 Å². The lowest BCUT2D eigenvalue weighted by atomic mass is 9.76. The fraction of sp³-hybridized carbons (Fsp3) is 0.692. The van der Waals surface area contributed by atoms with Gasteiger partial charge in [0, 0.05) is 94.3 Å². The van der Waals surface area contributed by atoms with Crippen LogP contribution < -0.4 is 16.0 Å². The quantitative estimate of drug-likeness (QED) is 0.0755. The lowest BCUT2D eigenvalue weighted by molar-refractivity contribution is -0.143. The Morgan fingerprint density at radius 3 is 1.64 bits per heavy atom. The first-order chi connectivity index (χ1) is 38.7. The monoisotopic (exact) mass is 1100 g/mol. The summed E-state index contributed by atoms with van der Waals surface area (Å²) in [5.41, 5.74) is 2.19. The van der Waals surface area contributed by atoms with Crippen molar-refractivity contribution in [2.45, 2.75) is 199 Å². The second-order valence-corrected chi connectivity index (χ2v) is 24.4. The SMILES string of the molecule is CC[C@@H](C)C(=O)N[C@H](C(=O)N1CCC[C@H]1CN(CCc1ccccc1)C(=O)CCC(=O)C1CCC(C(=O)NCC(=O)N(CCc2ccccc2)C[C@@H]2CCCN2C(=O)[C@@H](CC(=O)[C@H](C)NC)C2CCCCC2)CC1)C1CCCCC1. The number of benzene rings is 2. The molecule has 2 aromatic carbocycles. The van der Waals surface area contributed by atoms with Crippen LogP contribution in [0.2, 0.25) is 0 Å². The first-order valence-corrected chi connectivity index (χ1v) is 31.3. The van der Waals surface area contributed by atoms with E-state index in [4.69, 9.17) is 0 Å². The van der Waals surface area contributed by atoms with Crippen LogP contribution in [-0.4, -0.2) is 144 Å². The summed E-state index contributed by atoms with van der Waals surface area (Å²) in [4.78, 5) is 119. The summed E-state index contributed by atoms with van der Waals surface area (Å²) < 4.78 is 0. The molecule has 15 nitrogen and oxygen atoms in total. The molecule has 2 aliphatic heterocycles. The number of hydrogen-bond donors (Lipinski definition) is 3. The zero-order valence-electron chi connectivity index (χ0n) is 49.0. The summed E-state index contributed by atoms with van der Waals surface area (Å²) in [5, 5.41) is 9.19. The third-order valence-electron chi connectivity index (χ3n) is 19.1. The van der Waals surface area contributed by atoms with Gasteiger partial charge in [0.05, 0.1) is 12.6 Å². The zero-order valence-corrected chi connectivity index (χ0v) is 49.0. The smallest absolute Gasteiger partial charge is 0.245 e. The molecular weight excluding hydrogens is 1010 g/mol. The predicted molar refractivity (Wildman–Crippen MR) is 312 cm³/mol. The summed E-state index contributed by atoms with van der Waals surface area (Å²) in [5.74, 6) is -1.43. The highest BCUT2D eigenvalue weighted by molar-refractivity contribution is 5.91. The predicted octanol–water partition coefficient (Wildman–Crippen LogP) is 8.26. The van der Waals surface area contributed by atoms with Gasteiger partial charge in [0.25, 0.3) is 0 Å². The highest BCUT2D eigenvalue weighted by Gasteiger charge is 2.42. The number of likely N-dealkylation sites (N-methyl/N-ethyl adjacent to an activating group) is 1. The van der Waals surface area contributed by atoms with Crippen LogP contribution in [0.25, 0.3) is 0 Å². The Balaban J connectivity index is 0.922. The fourth-order valence-corrected chi connectivity index (χ4v) is 13.5. The number of carbonyl (C=O) groups is 8. The van der Waals surface area contributed by atoms with E-state index in [2.05, 4.69) is 16.0 Å². The van der Waals surface area contributed by atoms with Gasteiger partial charge in [0.2, 0.25) is 35.4 Å². The highest BCUT2D eigenvalue weighted by atomic mass is 16.2. The Morgan fingerprint density at radius 2 is 1.10 bits per heavy atom. The average molecular weight is 1100 g/mol. The van der Waals surface area contributed by atoms with Gasteiger partial charge in [-0.05, 0) is 133 Å². The Kier molecular flexibility index (Phi) is 24.6. The number of likely N-dealkylation sites (tertiary alicyclic amines) is 2. The van der Waals surface area contributed by atoms with Gasteiger partial charge < -0.3 is 35.6 Å². The van der Waals surface area contributed by atoms with E-state index in [1.165, 1.54) is 0 Å². The number of rotatable bonds is 28. The molecule has 2 aromatic rings. The molecule has 440 valence electrons. The molecule has 3 N–H and O–H groups in total. The Morgan fingerprint density at radius 1 is 0.588 bits per heavy atom. The first-order valence-electron chi connectivity index (χ1n) is 31.3. The summed E-state index contributed by atoms with van der Waals surface area (Å²) in [6, 6.07) is 18.7. The van der Waals surface area contributed by atoms with E-state index in [9.17, 15) is 38.4 Å². The molecule has 0 spiro atoms. The topological polar surface area (TPSA) is 186 Å². The highest BCUT2D eigenvalue weighted by Crippen LogP contribution is 2.36. The molecule has 5 aliphatic rings. The van der Waals surface area contributed by atoms with E-state index < -0.39 is 6.04 Å². The van der Waals surface area contributed by atoms with E-state index in [0.29, 0.717) is 84.2 Å². The number of nitrogens with zero attached hydrogens (tertiary/aromatic N) is 4. The molecule has 7 rings (SSSR count). The fourth-order valence-electron chi connectivity index (χ4n) is 13.5. The Labute approximate surface area is 478 Å². The number of ketones is 2. The zero-order chi connectivity index (χ0) is 57.0. The van der Waals surface area contributed by atoms with Gasteiger partial charge in [0.15, 0.2) is 0 Å². The summed E-state index contributed by atoms with van der Waals surface area (Å²) in [6.45, 7) is 8.37. The van der Waals surface area contributed by atoms with Crippen molar-refractivity contribution in [3.63, 3.8) is 0 Å². The molecule has 2 saturated heterocycles. The van der Waals surface area contributed by atoms with Crippen molar-refractivity contribution in [1.29, 1.82) is 0 Å². The van der Waals surface area contributed by atoms with Crippen molar-refractivity contribution in [1.82, 2.24) is 35.6 Å². The Bertz CT molecular complexity index is 2170. The molecule has 0 aromatic heterocycles. The van der Waals surface area contributed by atoms with Crippen molar-refractivity contribution in [3.8, 4) is 0 Å². The molecule has 5 fully saturated rings. The molecular formula is C65H97N7O8. The maximum atomic E-state index is 14.6. The maximum Gasteiger partial charge on any atom is 0.245 e. The molecule has 15 heteroatoms. The van der Waals surface area contributed by atoms with E-state index in [1.54, 1.807) is 11.9 Å². The molecule has 2 heterocycles. The van der Waals surface area contributed by atoms with Crippen LogP contribution in [0.1, 0.15) is 173 Å². The van der Waals surface area contributed by atoms with Gasteiger partial charge in [-0.3, -0.25) is 38.4 Å². The molecule has 80 heavy (non-hydrogen) atoms. The van der Waals surface area contributed by atoms with Gasteiger partial charge >= 0.3 is 0 Å². The van der Waals surface area contributed by atoms with E-state index in [-0.39, 0.29) is 126 Å². The number of nitrogens with one attached hydrogen (secondary N) is 3. The van der Waals surface area contributed by atoms with Crippen molar-refractivity contribution in [2.24, 2.45) is 35.5 Å². The first kappa shape index (κ1) is 62.2. The molecule has 0 radical (unpaired) electrons. The second-order valence-electron chi connectivity index (χ2n) is 24.4. The maximum absolute atomic E-state index is 14.6. The van der Waals surface area contributed by atoms with Gasteiger partial charge in [0.1, 0.15) is 17.6 Å². The summed E-state index contributed by atoms with van der Waals surface area (Å²) in [6.07, 6.45) is 17.8. The van der Waals surface area contributed by atoms with Crippen LogP contribution in [0.3, 0.4) is 0 Å². The van der Waals surface area contributed by atoms with Crippen molar-refractivity contribution in [3.05, 3.63) is 71.8 Å². The van der Waals surface area contributed by atoms with Gasteiger partial charge in [-0.25, -0.2) is 0 Å². The van der Waals surface area contributed by atoms with Crippen LogP contribution in [-0.2, 0) is 51.2 Å². The minimum Gasteiger partial charge on any atom is -0.347 e. The largest absolute Gasteiger partial charge is 0.347 e. The average Bonchev–Trinajstić information content (AvgIpc) is 4.19. The third-order valence-corrected chi connectivity index (χ3v) is 19.1. The minimum atomic E-state index is -0.576. The third kappa shape index (κ3) is 17.8. The second kappa shape index (κ2) is 31.7. The molecule has 3 saturated carbocycles. The van der Waals surface area contributed by atoms with E-state index >= 15 is 0 Å². The Hall–Kier alpha value is -5.44. The lowest BCUT2D eigenvalue weighted by Crippen LogP contribution is -2.56. The summed E-state index contributed by atoms with van der Waals surface area (Å²) in [7, 11) is 1.77. The van der Waals surface area contributed by atoms with Crippen LogP contribution in [0, 0.1) is 35.5 Å². The van der Waals surface area contributed by atoms with Crippen LogP contribution in [0.4, 0.5) is 0 Å². The van der Waals surface area contributed by atoms with Crippen LogP contribution >= 0.6 is 0 Å². The van der Waals surface area contributed by atoms with E-state index in [0.717, 1.165) is 101 Å². The number of hydrogen-bond acceptors (Lipinski definition) is 9. The molecule has 3 aliphatic carbocycles. The van der Waals surface area contributed by atoms with E-state index in [1.807, 2.05) is 96.1 Å². The number of amides is 6. The normalized spacial score (nSPS) is 22.4. The lowest BCUT2D eigenvalue weighted by Gasteiger charge is -2.37. The molecule has 0 bridgehead atoms. The minimum absolute atomic E-state index is 0.0260.